The number of carboxylic acids is 1. The van der Waals surface area contributed by atoms with Crippen molar-refractivity contribution in [3.8, 4) is 0 Å². The molecule has 18 nitrogen and oxygen atoms in total. The first-order valence-corrected chi connectivity index (χ1v) is 21.7. The summed E-state index contributed by atoms with van der Waals surface area (Å²) in [4.78, 5) is 97.5. The number of aliphatic hydroxyl groups excluding tert-OH is 2. The predicted molar refractivity (Wildman–Crippen MR) is 233 cm³/mol. The van der Waals surface area contributed by atoms with Crippen molar-refractivity contribution < 1.29 is 77.7 Å². The molecule has 0 unspecified atom stereocenters. The number of ether oxygens (including phenoxy) is 5. The normalized spacial score (nSPS) is 30.3. The second kappa shape index (κ2) is 18.3. The van der Waals surface area contributed by atoms with Gasteiger partial charge in [-0.25, -0.2) is 14.4 Å². The number of likely N-dealkylation sites (N-methyl/N-ethyl adjacent to an activating group) is 1. The third kappa shape index (κ3) is 8.47. The number of hydrogen-bond acceptors (Lipinski definition) is 15. The second-order valence-electron chi connectivity index (χ2n) is 18.4. The number of carboxylic acid groups (broad SMARTS) is 1. The number of nitrogens with one attached hydrogen (secondary N) is 1. The van der Waals surface area contributed by atoms with Gasteiger partial charge in [-0.1, -0.05) is 80.6 Å². The Balaban J connectivity index is 1.41. The summed E-state index contributed by atoms with van der Waals surface area (Å²) in [5.74, 6) is -7.86. The highest BCUT2D eigenvalue weighted by Crippen LogP contribution is 2.64. The molecule has 4 aliphatic rings. The Morgan fingerprint density at radius 3 is 2.01 bits per heavy atom. The highest BCUT2D eigenvalue weighted by Gasteiger charge is 2.78. The maximum Gasteiger partial charge on any atom is 0.411 e. The van der Waals surface area contributed by atoms with Crippen molar-refractivity contribution in [2.24, 2.45) is 16.7 Å². The molecule has 2 bridgehead atoms. The highest BCUT2D eigenvalue weighted by molar-refractivity contribution is 5.96. The maximum absolute atomic E-state index is 15.8. The summed E-state index contributed by atoms with van der Waals surface area (Å²) >= 11 is 0. The Morgan fingerprint density at radius 2 is 1.46 bits per heavy atom. The molecule has 2 amide bonds. The van der Waals surface area contributed by atoms with Gasteiger partial charge in [0.1, 0.15) is 30.5 Å². The zero-order chi connectivity index (χ0) is 48.8. The summed E-state index contributed by atoms with van der Waals surface area (Å²) in [5, 5.41) is 50.1. The van der Waals surface area contributed by atoms with Crippen LogP contribution in [0.4, 0.5) is 4.79 Å². The molecule has 0 aromatic heterocycles. The van der Waals surface area contributed by atoms with Gasteiger partial charge in [-0.2, -0.15) is 0 Å². The summed E-state index contributed by atoms with van der Waals surface area (Å²) < 4.78 is 30.4. The molecule has 1 aliphatic heterocycles. The number of nitrogens with zero attached hydrogens (tertiary/aromatic N) is 1. The fraction of sp³-hybridized carbons (Fsp3) is 0.449. The van der Waals surface area contributed by atoms with Crippen LogP contribution in [-0.4, -0.2) is 135 Å². The molecule has 5 N–H and O–H groups in total. The predicted octanol–water partition coefficient (Wildman–Crippen LogP) is 3.33. The molecule has 3 fully saturated rings. The fourth-order valence-electron chi connectivity index (χ4n) is 10.5. The second-order valence-corrected chi connectivity index (χ2v) is 18.4. The molecule has 18 heteroatoms. The molecule has 0 radical (unpaired) electrons. The molecule has 3 aromatic rings. The van der Waals surface area contributed by atoms with Crippen LogP contribution in [-0.2, 0) is 42.9 Å². The molecule has 3 aromatic carbocycles. The first-order chi connectivity index (χ1) is 31.6. The molecule has 356 valence electrons. The van der Waals surface area contributed by atoms with Crippen molar-refractivity contribution >= 4 is 41.7 Å². The number of carbonyl (C=O) groups is 7. The minimum absolute atomic E-state index is 0.0185. The Morgan fingerprint density at radius 1 is 0.881 bits per heavy atom. The van der Waals surface area contributed by atoms with E-state index >= 15 is 4.79 Å². The van der Waals surface area contributed by atoms with E-state index in [1.807, 2.05) is 0 Å². The summed E-state index contributed by atoms with van der Waals surface area (Å²) in [6.07, 6.45) is -12.7. The van der Waals surface area contributed by atoms with Gasteiger partial charge in [-0.05, 0) is 54.8 Å². The van der Waals surface area contributed by atoms with Crippen LogP contribution >= 0.6 is 0 Å². The van der Waals surface area contributed by atoms with Gasteiger partial charge in [0.15, 0.2) is 23.6 Å². The van der Waals surface area contributed by atoms with Crippen LogP contribution in [0.25, 0.3) is 0 Å². The molecule has 1 saturated heterocycles. The van der Waals surface area contributed by atoms with E-state index < -0.39 is 125 Å². The number of esters is 3. The number of amides is 2. The molecular formula is C49H54N2O16. The Bertz CT molecular complexity index is 2460. The average molecular weight is 927 g/mol. The SMILES string of the molecule is CC(=O)O[C@@]12CO[C@@H]1C[C@H](O)[C@@]1(C)C(=O)[C@H](OC(=O)N(C)CC(=O)O)C3=C(C)[C@@H](OC(=O)[C@H](O)[C@@H](NC(=O)c4ccccc4)c4ccccc4)C[C@@](O)([C@@H](OC(=O)c4ccccc4)[C@H]21)C3(C)C. The minimum Gasteiger partial charge on any atom is -0.480 e. The first kappa shape index (κ1) is 48.5. The molecule has 3 aliphatic carbocycles. The zero-order valence-corrected chi connectivity index (χ0v) is 37.7. The summed E-state index contributed by atoms with van der Waals surface area (Å²) in [6.45, 7) is 5.60. The smallest absolute Gasteiger partial charge is 0.411 e. The van der Waals surface area contributed by atoms with Crippen molar-refractivity contribution in [1.82, 2.24) is 10.2 Å². The van der Waals surface area contributed by atoms with Gasteiger partial charge in [0.25, 0.3) is 5.91 Å². The molecule has 1 heterocycles. The maximum atomic E-state index is 15.8. The van der Waals surface area contributed by atoms with Gasteiger partial charge in [0.2, 0.25) is 0 Å². The summed E-state index contributed by atoms with van der Waals surface area (Å²) in [6, 6.07) is 22.5. The lowest BCUT2D eigenvalue weighted by atomic mass is 9.44. The number of carbonyl (C=O) groups excluding carboxylic acids is 6. The Labute approximate surface area is 385 Å². The number of aliphatic hydroxyl groups is 3. The Kier molecular flexibility index (Phi) is 13.2. The van der Waals surface area contributed by atoms with Crippen molar-refractivity contribution in [2.45, 2.75) is 101 Å². The topological polar surface area (TPSA) is 262 Å². The van der Waals surface area contributed by atoms with E-state index in [-0.39, 0.29) is 35.3 Å². The van der Waals surface area contributed by atoms with E-state index in [1.165, 1.54) is 52.0 Å². The van der Waals surface area contributed by atoms with Gasteiger partial charge < -0.3 is 54.3 Å². The number of benzene rings is 3. The van der Waals surface area contributed by atoms with Crippen LogP contribution in [0.5, 0.6) is 0 Å². The van der Waals surface area contributed by atoms with E-state index in [0.717, 1.165) is 14.0 Å². The fourth-order valence-corrected chi connectivity index (χ4v) is 10.5. The van der Waals surface area contributed by atoms with Gasteiger partial charge in [-0.15, -0.1) is 0 Å². The van der Waals surface area contributed by atoms with E-state index in [4.69, 9.17) is 23.7 Å². The Hall–Kier alpha value is -6.47. The van der Waals surface area contributed by atoms with Crippen LogP contribution in [0.3, 0.4) is 0 Å². The van der Waals surface area contributed by atoms with Crippen molar-refractivity contribution in [3.05, 3.63) is 119 Å². The van der Waals surface area contributed by atoms with E-state index in [1.54, 1.807) is 66.7 Å². The van der Waals surface area contributed by atoms with Gasteiger partial charge >= 0.3 is 30.0 Å². The summed E-state index contributed by atoms with van der Waals surface area (Å²) in [5.41, 5.74) is -7.97. The molecule has 0 spiro atoms. The quantitative estimate of drug-likeness (QED) is 0.0991. The molecular weight excluding hydrogens is 873 g/mol. The van der Waals surface area contributed by atoms with E-state index in [0.29, 0.717) is 10.5 Å². The standard InChI is InChI=1S/C49H54N2O16/c1-26-31(64-44(60)37(56)36(28-16-10-7-11-17-28)50-42(58)29-18-12-8-13-19-29)23-49(62)41(66-43(59)30-20-14-9-15-21-30)39-47(5,32(53)22-33-48(39,25-63-33)67-27(2)52)40(57)38(35(26)46(49,3)4)65-45(61)51(6)24-34(54)55/h7-21,31-33,36-39,41,53,56,62H,22-25H2,1-6H3,(H,50,58)(H,54,55)/t31-,32-,33+,36-,37+,38+,39-,41-,47+,48-,49+/m0/s1. The number of rotatable bonds is 12. The molecule has 11 atom stereocenters. The van der Waals surface area contributed by atoms with Crippen LogP contribution in [0, 0.1) is 16.7 Å². The lowest BCUT2D eigenvalue weighted by molar-refractivity contribution is -0.345. The monoisotopic (exact) mass is 926 g/mol. The third-order valence-corrected chi connectivity index (χ3v) is 14.1. The first-order valence-electron chi connectivity index (χ1n) is 21.7. The third-order valence-electron chi connectivity index (χ3n) is 14.1. The van der Waals surface area contributed by atoms with Crippen molar-refractivity contribution in [3.63, 3.8) is 0 Å². The molecule has 2 saturated carbocycles. The molecule has 7 rings (SSSR count). The summed E-state index contributed by atoms with van der Waals surface area (Å²) in [7, 11) is 1.12. The average Bonchev–Trinajstić information content (AvgIpc) is 3.29. The number of aliphatic carboxylic acids is 1. The number of Topliss-reactive ketones (excluding diaryl/α,β-unsaturated/α-hetero) is 1. The number of ketones is 1. The van der Waals surface area contributed by atoms with Gasteiger partial charge in [0.05, 0.1) is 35.6 Å². The number of hydrogen-bond donors (Lipinski definition) is 5. The van der Waals surface area contributed by atoms with Crippen LogP contribution in [0.2, 0.25) is 0 Å². The minimum atomic E-state index is -2.52. The largest absolute Gasteiger partial charge is 0.480 e. The van der Waals surface area contributed by atoms with E-state index in [2.05, 4.69) is 5.32 Å². The van der Waals surface area contributed by atoms with Crippen LogP contribution < -0.4 is 5.32 Å². The zero-order valence-electron chi connectivity index (χ0n) is 37.7. The highest BCUT2D eigenvalue weighted by atomic mass is 16.6. The molecule has 67 heavy (non-hydrogen) atoms. The van der Waals surface area contributed by atoms with Crippen molar-refractivity contribution in [2.75, 3.05) is 20.2 Å². The van der Waals surface area contributed by atoms with Gasteiger partial charge in [-0.3, -0.25) is 19.2 Å². The number of fused-ring (bicyclic) bond motifs is 5. The van der Waals surface area contributed by atoms with Crippen molar-refractivity contribution in [1.29, 1.82) is 0 Å². The van der Waals surface area contributed by atoms with Gasteiger partial charge in [0, 0.05) is 37.8 Å². The van der Waals surface area contributed by atoms with Crippen LogP contribution in [0.15, 0.2) is 102 Å². The van der Waals surface area contributed by atoms with Crippen LogP contribution in [0.1, 0.15) is 79.8 Å². The lowest BCUT2D eigenvalue weighted by Crippen LogP contribution is -2.82. The lowest BCUT2D eigenvalue weighted by Gasteiger charge is -2.67. The van der Waals surface area contributed by atoms with E-state index in [9.17, 15) is 49.2 Å².